The number of halogens is 2. The molecule has 2 aromatic rings. The molecule has 0 fully saturated rings. The van der Waals surface area contributed by atoms with Crippen LogP contribution < -0.4 is 0 Å². The maximum absolute atomic E-state index is 5.96. The number of pyridine rings is 1. The van der Waals surface area contributed by atoms with Gasteiger partial charge >= 0.3 is 0 Å². The number of hydrogen-bond donors (Lipinski definition) is 0. The molecule has 0 unspecified atom stereocenters. The standard InChI is InChI=1S/C11H7ClIN/c12-9-6-10(14-11(13)7-9)8-4-2-1-3-5-8/h1-7H. The Morgan fingerprint density at radius 3 is 2.43 bits per heavy atom. The molecule has 0 atom stereocenters. The zero-order valence-electron chi connectivity index (χ0n) is 7.24. The minimum atomic E-state index is 0.725. The van der Waals surface area contributed by atoms with E-state index in [-0.39, 0.29) is 0 Å². The summed E-state index contributed by atoms with van der Waals surface area (Å²) in [4.78, 5) is 4.41. The topological polar surface area (TPSA) is 12.9 Å². The van der Waals surface area contributed by atoms with Crippen molar-refractivity contribution in [3.8, 4) is 11.3 Å². The highest BCUT2D eigenvalue weighted by Crippen LogP contribution is 2.21. The number of hydrogen-bond acceptors (Lipinski definition) is 1. The van der Waals surface area contributed by atoms with Gasteiger partial charge in [0.15, 0.2) is 0 Å². The van der Waals surface area contributed by atoms with Gasteiger partial charge in [-0.1, -0.05) is 41.9 Å². The second-order valence-electron chi connectivity index (χ2n) is 2.86. The molecule has 14 heavy (non-hydrogen) atoms. The van der Waals surface area contributed by atoms with E-state index in [0.29, 0.717) is 0 Å². The first-order valence-corrected chi connectivity index (χ1v) is 5.60. The van der Waals surface area contributed by atoms with E-state index in [0.717, 1.165) is 20.0 Å². The van der Waals surface area contributed by atoms with Crippen LogP contribution in [0.2, 0.25) is 5.02 Å². The number of rotatable bonds is 1. The van der Waals surface area contributed by atoms with Crippen LogP contribution in [0, 0.1) is 3.70 Å². The summed E-state index contributed by atoms with van der Waals surface area (Å²) in [6.45, 7) is 0. The van der Waals surface area contributed by atoms with Gasteiger partial charge in [0.05, 0.1) is 5.69 Å². The fourth-order valence-corrected chi connectivity index (χ4v) is 2.21. The molecule has 0 bridgehead atoms. The van der Waals surface area contributed by atoms with Crippen molar-refractivity contribution in [2.24, 2.45) is 0 Å². The molecule has 3 heteroatoms. The Kier molecular flexibility index (Phi) is 3.03. The lowest BCUT2D eigenvalue weighted by molar-refractivity contribution is 1.27. The van der Waals surface area contributed by atoms with Gasteiger partial charge in [0.25, 0.3) is 0 Å². The summed E-state index contributed by atoms with van der Waals surface area (Å²) < 4.78 is 0.911. The van der Waals surface area contributed by atoms with Crippen LogP contribution in [0.1, 0.15) is 0 Å². The average molecular weight is 316 g/mol. The second-order valence-corrected chi connectivity index (χ2v) is 4.40. The first-order valence-electron chi connectivity index (χ1n) is 4.14. The van der Waals surface area contributed by atoms with E-state index in [2.05, 4.69) is 27.6 Å². The predicted molar refractivity (Wildman–Crippen MR) is 67.4 cm³/mol. The van der Waals surface area contributed by atoms with Crippen molar-refractivity contribution in [1.29, 1.82) is 0 Å². The first-order chi connectivity index (χ1) is 6.75. The summed E-state index contributed by atoms with van der Waals surface area (Å²) in [5.41, 5.74) is 2.01. The quantitative estimate of drug-likeness (QED) is 0.572. The van der Waals surface area contributed by atoms with Gasteiger partial charge in [0.2, 0.25) is 0 Å². The summed E-state index contributed by atoms with van der Waals surface area (Å²) in [5, 5.41) is 0.725. The first kappa shape index (κ1) is 9.93. The van der Waals surface area contributed by atoms with Gasteiger partial charge in [-0.25, -0.2) is 4.98 Å². The predicted octanol–water partition coefficient (Wildman–Crippen LogP) is 4.01. The SMILES string of the molecule is Clc1cc(I)nc(-c2ccccc2)c1. The van der Waals surface area contributed by atoms with Gasteiger partial charge in [-0.3, -0.25) is 0 Å². The third-order valence-corrected chi connectivity index (χ3v) is 2.60. The molecule has 1 aromatic carbocycles. The van der Waals surface area contributed by atoms with Gasteiger partial charge in [0, 0.05) is 10.6 Å². The van der Waals surface area contributed by atoms with Crippen molar-refractivity contribution >= 4 is 34.2 Å². The van der Waals surface area contributed by atoms with Crippen LogP contribution >= 0.6 is 34.2 Å². The summed E-state index contributed by atoms with van der Waals surface area (Å²) in [7, 11) is 0. The second kappa shape index (κ2) is 4.28. The minimum Gasteiger partial charge on any atom is -0.242 e. The molecule has 0 saturated carbocycles. The molecule has 0 aliphatic rings. The fourth-order valence-electron chi connectivity index (χ4n) is 1.22. The third-order valence-electron chi connectivity index (χ3n) is 1.83. The molecule has 0 aliphatic carbocycles. The molecule has 0 N–H and O–H groups in total. The van der Waals surface area contributed by atoms with Crippen LogP contribution in [0.25, 0.3) is 11.3 Å². The molecule has 1 nitrogen and oxygen atoms in total. The number of nitrogens with zero attached hydrogens (tertiary/aromatic N) is 1. The molecule has 1 aromatic heterocycles. The Hall–Kier alpha value is -0.610. The highest BCUT2D eigenvalue weighted by Gasteiger charge is 2.01. The maximum Gasteiger partial charge on any atom is 0.103 e. The molecule has 2 rings (SSSR count). The summed E-state index contributed by atoms with van der Waals surface area (Å²) in [6.07, 6.45) is 0. The maximum atomic E-state index is 5.96. The van der Waals surface area contributed by atoms with Crippen LogP contribution in [0.5, 0.6) is 0 Å². The molecule has 1 heterocycles. The average Bonchev–Trinajstić information content (AvgIpc) is 2.18. The molecule has 70 valence electrons. The zero-order chi connectivity index (χ0) is 9.97. The molecular formula is C11H7ClIN. The van der Waals surface area contributed by atoms with Gasteiger partial charge < -0.3 is 0 Å². The smallest absolute Gasteiger partial charge is 0.103 e. The van der Waals surface area contributed by atoms with Crippen molar-refractivity contribution in [1.82, 2.24) is 4.98 Å². The van der Waals surface area contributed by atoms with Crippen LogP contribution in [-0.2, 0) is 0 Å². The van der Waals surface area contributed by atoms with E-state index in [1.54, 1.807) is 0 Å². The monoisotopic (exact) mass is 315 g/mol. The molecule has 0 amide bonds. The fraction of sp³-hybridized carbons (Fsp3) is 0. The lowest BCUT2D eigenvalue weighted by Crippen LogP contribution is -1.86. The molecule has 0 spiro atoms. The van der Waals surface area contributed by atoms with E-state index in [4.69, 9.17) is 11.6 Å². The van der Waals surface area contributed by atoms with Gasteiger partial charge in [-0.2, -0.15) is 0 Å². The van der Waals surface area contributed by atoms with Crippen LogP contribution in [-0.4, -0.2) is 4.98 Å². The lowest BCUT2D eigenvalue weighted by atomic mass is 10.1. The van der Waals surface area contributed by atoms with Crippen molar-refractivity contribution in [2.45, 2.75) is 0 Å². The Morgan fingerprint density at radius 1 is 1.07 bits per heavy atom. The van der Waals surface area contributed by atoms with Crippen LogP contribution in [0.3, 0.4) is 0 Å². The van der Waals surface area contributed by atoms with Crippen molar-refractivity contribution in [3.05, 3.63) is 51.2 Å². The summed E-state index contributed by atoms with van der Waals surface area (Å²) >= 11 is 8.12. The zero-order valence-corrected chi connectivity index (χ0v) is 10.2. The van der Waals surface area contributed by atoms with E-state index in [1.807, 2.05) is 42.5 Å². The normalized spacial score (nSPS) is 10.1. The Labute approximate surface area is 101 Å². The van der Waals surface area contributed by atoms with Crippen LogP contribution in [0.4, 0.5) is 0 Å². The van der Waals surface area contributed by atoms with Gasteiger partial charge in [-0.05, 0) is 34.7 Å². The van der Waals surface area contributed by atoms with E-state index in [9.17, 15) is 0 Å². The molecule has 0 saturated heterocycles. The Morgan fingerprint density at radius 2 is 1.79 bits per heavy atom. The Bertz CT molecular complexity index is 422. The minimum absolute atomic E-state index is 0.725. The Balaban J connectivity index is 2.52. The number of aromatic nitrogens is 1. The number of benzene rings is 1. The van der Waals surface area contributed by atoms with Crippen molar-refractivity contribution in [2.75, 3.05) is 0 Å². The summed E-state index contributed by atoms with van der Waals surface area (Å²) in [6, 6.07) is 13.7. The van der Waals surface area contributed by atoms with E-state index < -0.39 is 0 Å². The lowest BCUT2D eigenvalue weighted by Gasteiger charge is -2.01. The highest BCUT2D eigenvalue weighted by atomic mass is 127. The highest BCUT2D eigenvalue weighted by molar-refractivity contribution is 14.1. The molecular weight excluding hydrogens is 308 g/mol. The summed E-state index contributed by atoms with van der Waals surface area (Å²) in [5.74, 6) is 0. The van der Waals surface area contributed by atoms with Crippen molar-refractivity contribution in [3.63, 3.8) is 0 Å². The van der Waals surface area contributed by atoms with E-state index >= 15 is 0 Å². The molecule has 0 radical (unpaired) electrons. The molecule has 0 aliphatic heterocycles. The van der Waals surface area contributed by atoms with Gasteiger partial charge in [0.1, 0.15) is 3.70 Å². The van der Waals surface area contributed by atoms with E-state index in [1.165, 1.54) is 0 Å². The van der Waals surface area contributed by atoms with Crippen molar-refractivity contribution < 1.29 is 0 Å². The van der Waals surface area contributed by atoms with Gasteiger partial charge in [-0.15, -0.1) is 0 Å². The third kappa shape index (κ3) is 2.25. The van der Waals surface area contributed by atoms with Crippen LogP contribution in [0.15, 0.2) is 42.5 Å². The largest absolute Gasteiger partial charge is 0.242 e.